The monoisotopic (exact) mass is 310 g/mol. The third-order valence-electron chi connectivity index (χ3n) is 4.63. The fraction of sp³-hybridized carbons (Fsp3) is 0.562. The van der Waals surface area contributed by atoms with Crippen molar-refractivity contribution in [1.82, 2.24) is 10.2 Å². The molecule has 116 valence electrons. The molecule has 0 spiro atoms. The molecule has 4 nitrogen and oxygen atoms in total. The Morgan fingerprint density at radius 1 is 1.38 bits per heavy atom. The second kappa shape index (κ2) is 6.34. The van der Waals surface area contributed by atoms with E-state index in [2.05, 4.69) is 24.4 Å². The first-order chi connectivity index (χ1) is 9.67. The lowest BCUT2D eigenvalue weighted by Gasteiger charge is -2.38. The molecule has 1 amide bonds. The van der Waals surface area contributed by atoms with Crippen LogP contribution in [-0.4, -0.2) is 48.2 Å². The van der Waals surface area contributed by atoms with Gasteiger partial charge in [0.25, 0.3) is 5.91 Å². The van der Waals surface area contributed by atoms with Crippen LogP contribution in [0.15, 0.2) is 12.1 Å². The van der Waals surface area contributed by atoms with Gasteiger partial charge in [-0.1, -0.05) is 19.1 Å². The summed E-state index contributed by atoms with van der Waals surface area (Å²) in [6.07, 6.45) is 0.994. The third kappa shape index (κ3) is 2.56. The molecule has 0 aromatic heterocycles. The molecule has 2 unspecified atom stereocenters. The van der Waals surface area contributed by atoms with Gasteiger partial charge in [-0.3, -0.25) is 4.79 Å². The number of nitrogens with one attached hydrogen (secondary N) is 1. The Hall–Kier alpha value is -1.10. The maximum Gasteiger partial charge on any atom is 0.254 e. The number of halogens is 1. The lowest BCUT2D eigenvalue weighted by atomic mass is 9.81. The van der Waals surface area contributed by atoms with Gasteiger partial charge in [-0.25, -0.2) is 0 Å². The summed E-state index contributed by atoms with van der Waals surface area (Å²) in [4.78, 5) is 14.6. The van der Waals surface area contributed by atoms with Crippen molar-refractivity contribution < 1.29 is 9.90 Å². The minimum Gasteiger partial charge on any atom is -0.395 e. The van der Waals surface area contributed by atoms with Gasteiger partial charge >= 0.3 is 0 Å². The van der Waals surface area contributed by atoms with E-state index in [1.165, 1.54) is 11.1 Å². The van der Waals surface area contributed by atoms with Crippen molar-refractivity contribution in [1.29, 1.82) is 0 Å². The molecule has 2 aliphatic rings. The van der Waals surface area contributed by atoms with Crippen LogP contribution in [0.25, 0.3) is 0 Å². The molecule has 3 rings (SSSR count). The van der Waals surface area contributed by atoms with Crippen molar-refractivity contribution in [3.8, 4) is 0 Å². The molecular formula is C16H23ClN2O2. The van der Waals surface area contributed by atoms with Crippen LogP contribution >= 0.6 is 12.4 Å². The van der Waals surface area contributed by atoms with E-state index in [9.17, 15) is 9.90 Å². The molecule has 0 aliphatic carbocycles. The molecule has 0 radical (unpaired) electrons. The van der Waals surface area contributed by atoms with Crippen molar-refractivity contribution in [2.24, 2.45) is 0 Å². The summed E-state index contributed by atoms with van der Waals surface area (Å²) >= 11 is 0. The number of benzene rings is 1. The molecule has 21 heavy (non-hydrogen) atoms. The van der Waals surface area contributed by atoms with Gasteiger partial charge in [-0.05, 0) is 30.0 Å². The zero-order valence-corrected chi connectivity index (χ0v) is 13.4. The van der Waals surface area contributed by atoms with Crippen molar-refractivity contribution in [2.45, 2.75) is 32.2 Å². The van der Waals surface area contributed by atoms with Crippen LogP contribution in [0, 0.1) is 6.92 Å². The Kier molecular flexibility index (Phi) is 4.91. The Balaban J connectivity index is 0.00000161. The van der Waals surface area contributed by atoms with E-state index in [-0.39, 0.29) is 31.0 Å². The molecule has 2 heterocycles. The number of β-amino-alcohol motifs (C(OH)–C–C–N with tert-alkyl or cyclic N) is 1. The minimum atomic E-state index is 0. The highest BCUT2D eigenvalue weighted by Crippen LogP contribution is 2.37. The van der Waals surface area contributed by atoms with Crippen LogP contribution in [-0.2, 0) is 6.42 Å². The fourth-order valence-electron chi connectivity index (χ4n) is 3.66. The predicted octanol–water partition coefficient (Wildman–Crippen LogP) is 1.48. The van der Waals surface area contributed by atoms with Crippen LogP contribution in [0.1, 0.15) is 39.9 Å². The van der Waals surface area contributed by atoms with Crippen LogP contribution in [0.5, 0.6) is 0 Å². The van der Waals surface area contributed by atoms with Gasteiger partial charge in [0, 0.05) is 31.1 Å². The van der Waals surface area contributed by atoms with Crippen molar-refractivity contribution in [3.05, 3.63) is 34.4 Å². The van der Waals surface area contributed by atoms with Gasteiger partial charge in [0.15, 0.2) is 0 Å². The molecule has 2 atom stereocenters. The number of amides is 1. The maximum atomic E-state index is 12.8. The molecule has 1 fully saturated rings. The quantitative estimate of drug-likeness (QED) is 0.889. The standard InChI is InChI=1S/C16H22N2O2.ClH/c1-3-11-6-10(2)15-12(7-11)13-8-17-9-14(13)18(4-5-19)16(15)20;/h6-7,13-14,17,19H,3-5,8-9H2,1-2H3;1H. The van der Waals surface area contributed by atoms with Crippen LogP contribution in [0.4, 0.5) is 0 Å². The summed E-state index contributed by atoms with van der Waals surface area (Å²) in [7, 11) is 0. The summed E-state index contributed by atoms with van der Waals surface area (Å²) in [6.45, 7) is 6.36. The number of aryl methyl sites for hydroxylation is 2. The third-order valence-corrected chi connectivity index (χ3v) is 4.63. The Labute approximate surface area is 131 Å². The second-order valence-electron chi connectivity index (χ2n) is 5.78. The van der Waals surface area contributed by atoms with Gasteiger partial charge < -0.3 is 15.3 Å². The van der Waals surface area contributed by atoms with Gasteiger partial charge in [0.1, 0.15) is 0 Å². The van der Waals surface area contributed by atoms with Gasteiger partial charge in [-0.2, -0.15) is 0 Å². The van der Waals surface area contributed by atoms with Gasteiger partial charge in [0.2, 0.25) is 0 Å². The lowest BCUT2D eigenvalue weighted by molar-refractivity contribution is 0.0602. The average Bonchev–Trinajstić information content (AvgIpc) is 2.92. The maximum absolute atomic E-state index is 12.8. The van der Waals surface area contributed by atoms with E-state index >= 15 is 0 Å². The van der Waals surface area contributed by atoms with E-state index in [0.29, 0.717) is 12.5 Å². The molecule has 5 heteroatoms. The lowest BCUT2D eigenvalue weighted by Crippen LogP contribution is -2.49. The molecule has 0 saturated carbocycles. The van der Waals surface area contributed by atoms with E-state index < -0.39 is 0 Å². The predicted molar refractivity (Wildman–Crippen MR) is 85.3 cm³/mol. The summed E-state index contributed by atoms with van der Waals surface area (Å²) in [6, 6.07) is 4.52. The second-order valence-corrected chi connectivity index (χ2v) is 5.78. The fourth-order valence-corrected chi connectivity index (χ4v) is 3.66. The van der Waals surface area contributed by atoms with Crippen LogP contribution in [0.3, 0.4) is 0 Å². The highest BCUT2D eigenvalue weighted by Gasteiger charge is 2.42. The molecule has 2 N–H and O–H groups in total. The Bertz CT molecular complexity index is 547. The normalized spacial score (nSPS) is 23.6. The Morgan fingerprint density at radius 3 is 2.81 bits per heavy atom. The highest BCUT2D eigenvalue weighted by molar-refractivity contribution is 5.99. The number of carbonyl (C=O) groups is 1. The molecule has 1 aromatic rings. The molecular weight excluding hydrogens is 288 g/mol. The van der Waals surface area contributed by atoms with Crippen molar-refractivity contribution >= 4 is 18.3 Å². The zero-order chi connectivity index (χ0) is 14.3. The van der Waals surface area contributed by atoms with Gasteiger partial charge in [0.05, 0.1) is 12.6 Å². The number of fused-ring (bicyclic) bond motifs is 3. The van der Waals surface area contributed by atoms with Gasteiger partial charge in [-0.15, -0.1) is 12.4 Å². The first-order valence-electron chi connectivity index (χ1n) is 7.43. The summed E-state index contributed by atoms with van der Waals surface area (Å²) < 4.78 is 0. The average molecular weight is 311 g/mol. The number of hydrogen-bond donors (Lipinski definition) is 2. The first-order valence-corrected chi connectivity index (χ1v) is 7.43. The topological polar surface area (TPSA) is 52.6 Å². The smallest absolute Gasteiger partial charge is 0.254 e. The summed E-state index contributed by atoms with van der Waals surface area (Å²) in [5.41, 5.74) is 4.43. The molecule has 1 aromatic carbocycles. The largest absolute Gasteiger partial charge is 0.395 e. The minimum absolute atomic E-state index is 0. The number of hydrogen-bond acceptors (Lipinski definition) is 3. The number of carbonyl (C=O) groups excluding carboxylic acids is 1. The van der Waals surface area contributed by atoms with Crippen LogP contribution in [0.2, 0.25) is 0 Å². The molecule has 0 bridgehead atoms. The number of aliphatic hydroxyl groups is 1. The molecule has 2 aliphatic heterocycles. The van der Waals surface area contributed by atoms with Crippen molar-refractivity contribution in [3.63, 3.8) is 0 Å². The number of aliphatic hydroxyl groups excluding tert-OH is 1. The van der Waals surface area contributed by atoms with E-state index in [0.717, 1.165) is 30.6 Å². The highest BCUT2D eigenvalue weighted by atomic mass is 35.5. The van der Waals surface area contributed by atoms with E-state index in [4.69, 9.17) is 0 Å². The number of rotatable bonds is 3. The van der Waals surface area contributed by atoms with E-state index in [1.54, 1.807) is 0 Å². The number of nitrogens with zero attached hydrogens (tertiary/aromatic N) is 1. The SMILES string of the molecule is CCc1cc(C)c2c(c1)C1CNCC1N(CCO)C2=O.Cl. The summed E-state index contributed by atoms with van der Waals surface area (Å²) in [5.74, 6) is 0.443. The molecule has 1 saturated heterocycles. The zero-order valence-electron chi connectivity index (χ0n) is 12.6. The first kappa shape index (κ1) is 16.3. The van der Waals surface area contributed by atoms with Crippen molar-refractivity contribution in [2.75, 3.05) is 26.2 Å². The summed E-state index contributed by atoms with van der Waals surface area (Å²) in [5, 5.41) is 12.6. The van der Waals surface area contributed by atoms with Crippen LogP contribution < -0.4 is 5.32 Å². The Morgan fingerprint density at radius 2 is 2.14 bits per heavy atom. The van der Waals surface area contributed by atoms with E-state index in [1.807, 2.05) is 11.8 Å².